The monoisotopic (exact) mass is 464 g/mol. The van der Waals surface area contributed by atoms with Crippen molar-refractivity contribution < 1.29 is 24.3 Å². The number of nitrogens with zero attached hydrogens (tertiary/aromatic N) is 1. The molecule has 1 saturated carbocycles. The standard InChI is InChI=1S/C22H29ClN4O5/c1-13(2)19(25-16(28)12-27-17(29)7-8-18(27)30)20(31)26-22(9-10-22)21(32)24-15-5-3-14(11-23)4-6-15/h3-5,7-8,13,15-16,19,25,28H,6,9-12H2,1-2H3,(H,24,32)(H,26,31)/t15?,16?,19-/m0/s1. The molecule has 1 heterocycles. The first-order valence-electron chi connectivity index (χ1n) is 10.7. The Labute approximate surface area is 191 Å². The molecule has 0 aromatic rings. The number of carbonyl (C=O) groups is 4. The number of β-amino-alcohol motifs (C(OH)–C–C–N with tert-alkyl or cyclic N) is 1. The van der Waals surface area contributed by atoms with Gasteiger partial charge >= 0.3 is 0 Å². The minimum Gasteiger partial charge on any atom is -0.377 e. The Hall–Kier alpha value is -2.49. The van der Waals surface area contributed by atoms with Gasteiger partial charge in [-0.3, -0.25) is 29.4 Å². The van der Waals surface area contributed by atoms with Gasteiger partial charge in [0.1, 0.15) is 11.8 Å². The van der Waals surface area contributed by atoms with Crippen LogP contribution in [0.15, 0.2) is 36.0 Å². The summed E-state index contributed by atoms with van der Waals surface area (Å²) < 4.78 is 0. The Morgan fingerprint density at radius 3 is 2.38 bits per heavy atom. The van der Waals surface area contributed by atoms with Crippen molar-refractivity contribution in [2.24, 2.45) is 5.92 Å². The first kappa shape index (κ1) is 24.2. The van der Waals surface area contributed by atoms with Crippen molar-refractivity contribution in [2.75, 3.05) is 12.4 Å². The molecule has 1 fully saturated rings. The molecule has 0 saturated heterocycles. The Bertz CT molecular complexity index is 860. The molecule has 3 rings (SSSR count). The molecule has 3 atom stereocenters. The summed E-state index contributed by atoms with van der Waals surface area (Å²) >= 11 is 5.81. The lowest BCUT2D eigenvalue weighted by atomic mass is 10.0. The van der Waals surface area contributed by atoms with Crippen LogP contribution in [-0.2, 0) is 19.2 Å². The molecular formula is C22H29ClN4O5. The SMILES string of the molecule is CC(C)[C@H](NC(O)CN1C(=O)C=CC1=O)C(=O)NC1(C(=O)NC2C=CC(CCl)=CC2)CC1. The molecule has 3 aliphatic rings. The Kier molecular flexibility index (Phi) is 7.53. The van der Waals surface area contributed by atoms with Gasteiger partial charge in [0, 0.05) is 18.0 Å². The van der Waals surface area contributed by atoms with E-state index < -0.39 is 35.5 Å². The molecule has 2 unspecified atom stereocenters. The van der Waals surface area contributed by atoms with E-state index in [1.54, 1.807) is 13.8 Å². The summed E-state index contributed by atoms with van der Waals surface area (Å²) in [7, 11) is 0. The molecule has 1 aliphatic heterocycles. The second-order valence-corrected chi connectivity index (χ2v) is 8.95. The van der Waals surface area contributed by atoms with Crippen LogP contribution < -0.4 is 16.0 Å². The number of aliphatic hydroxyl groups is 1. The van der Waals surface area contributed by atoms with E-state index in [1.165, 1.54) is 0 Å². The summed E-state index contributed by atoms with van der Waals surface area (Å²) in [6, 6.07) is -0.978. The number of rotatable bonds is 10. The third-order valence-electron chi connectivity index (χ3n) is 5.77. The zero-order chi connectivity index (χ0) is 23.5. The fraction of sp³-hybridized carbons (Fsp3) is 0.545. The Morgan fingerprint density at radius 2 is 1.88 bits per heavy atom. The molecule has 2 aliphatic carbocycles. The number of hydrogen-bond acceptors (Lipinski definition) is 6. The molecule has 0 aromatic carbocycles. The van der Waals surface area contributed by atoms with E-state index in [9.17, 15) is 24.3 Å². The van der Waals surface area contributed by atoms with Crippen molar-refractivity contribution in [1.82, 2.24) is 20.9 Å². The molecule has 0 bridgehead atoms. The summed E-state index contributed by atoms with van der Waals surface area (Å²) in [4.78, 5) is 50.1. The average Bonchev–Trinajstić information content (AvgIpc) is 3.48. The number of imide groups is 1. The number of carbonyl (C=O) groups excluding carboxylic acids is 4. The fourth-order valence-corrected chi connectivity index (χ4v) is 3.84. The average molecular weight is 465 g/mol. The fourth-order valence-electron chi connectivity index (χ4n) is 3.64. The van der Waals surface area contributed by atoms with Crippen molar-refractivity contribution >= 4 is 35.2 Å². The van der Waals surface area contributed by atoms with Crippen molar-refractivity contribution in [2.45, 2.75) is 57.0 Å². The van der Waals surface area contributed by atoms with Crippen LogP contribution in [0.5, 0.6) is 0 Å². The second kappa shape index (κ2) is 9.97. The third kappa shape index (κ3) is 5.65. The summed E-state index contributed by atoms with van der Waals surface area (Å²) in [6.07, 6.45) is 8.40. The van der Waals surface area contributed by atoms with E-state index in [1.807, 2.05) is 18.2 Å². The van der Waals surface area contributed by atoms with Crippen LogP contribution in [0.4, 0.5) is 0 Å². The lowest BCUT2D eigenvalue weighted by Crippen LogP contribution is -2.59. The molecule has 10 heteroatoms. The molecule has 4 N–H and O–H groups in total. The van der Waals surface area contributed by atoms with E-state index >= 15 is 0 Å². The lowest BCUT2D eigenvalue weighted by Gasteiger charge is -2.29. The zero-order valence-corrected chi connectivity index (χ0v) is 18.9. The summed E-state index contributed by atoms with van der Waals surface area (Å²) in [5.41, 5.74) is 0.0375. The second-order valence-electron chi connectivity index (χ2n) is 8.68. The largest absolute Gasteiger partial charge is 0.377 e. The molecule has 0 spiro atoms. The van der Waals surface area contributed by atoms with Crippen LogP contribution in [-0.4, -0.2) is 69.9 Å². The third-order valence-corrected chi connectivity index (χ3v) is 6.08. The van der Waals surface area contributed by atoms with Crippen LogP contribution >= 0.6 is 11.6 Å². The van der Waals surface area contributed by atoms with Gasteiger partial charge in [-0.2, -0.15) is 0 Å². The minimum absolute atomic E-state index is 0.158. The van der Waals surface area contributed by atoms with Crippen LogP contribution in [0.1, 0.15) is 33.1 Å². The van der Waals surface area contributed by atoms with Gasteiger partial charge in [-0.15, -0.1) is 11.6 Å². The summed E-state index contributed by atoms with van der Waals surface area (Å²) in [6.45, 7) is 3.31. The maximum Gasteiger partial charge on any atom is 0.253 e. The number of alkyl halides is 1. The lowest BCUT2D eigenvalue weighted by molar-refractivity contribution is -0.139. The highest BCUT2D eigenvalue weighted by Crippen LogP contribution is 2.36. The predicted molar refractivity (Wildman–Crippen MR) is 118 cm³/mol. The van der Waals surface area contributed by atoms with Gasteiger partial charge in [-0.1, -0.05) is 32.1 Å². The van der Waals surface area contributed by atoms with Crippen LogP contribution in [0.3, 0.4) is 0 Å². The van der Waals surface area contributed by atoms with E-state index in [-0.39, 0.29) is 24.4 Å². The van der Waals surface area contributed by atoms with Crippen molar-refractivity contribution in [3.63, 3.8) is 0 Å². The normalized spacial score (nSPS) is 23.2. The number of allylic oxidation sites excluding steroid dienone is 2. The summed E-state index contributed by atoms with van der Waals surface area (Å²) in [5, 5.41) is 18.9. The number of halogens is 1. The predicted octanol–water partition coefficient (Wildman–Crippen LogP) is 0.103. The van der Waals surface area contributed by atoms with Gasteiger partial charge in [0.2, 0.25) is 11.8 Å². The smallest absolute Gasteiger partial charge is 0.253 e. The highest BCUT2D eigenvalue weighted by molar-refractivity contribution is 6.19. The zero-order valence-electron chi connectivity index (χ0n) is 18.1. The minimum atomic E-state index is -1.29. The molecule has 0 radical (unpaired) electrons. The van der Waals surface area contributed by atoms with Gasteiger partial charge in [0.25, 0.3) is 11.8 Å². The Morgan fingerprint density at radius 1 is 1.22 bits per heavy atom. The molecular weight excluding hydrogens is 436 g/mol. The topological polar surface area (TPSA) is 128 Å². The summed E-state index contributed by atoms with van der Waals surface area (Å²) in [5.74, 6) is -1.49. The van der Waals surface area contributed by atoms with Gasteiger partial charge in [0.05, 0.1) is 18.6 Å². The van der Waals surface area contributed by atoms with E-state index in [2.05, 4.69) is 16.0 Å². The number of amides is 4. The molecule has 0 aromatic heterocycles. The van der Waals surface area contributed by atoms with Crippen LogP contribution in [0, 0.1) is 5.92 Å². The first-order valence-corrected chi connectivity index (χ1v) is 11.2. The molecule has 4 amide bonds. The maximum atomic E-state index is 13.0. The maximum absolute atomic E-state index is 13.0. The van der Waals surface area contributed by atoms with Crippen molar-refractivity contribution in [3.8, 4) is 0 Å². The highest BCUT2D eigenvalue weighted by Gasteiger charge is 2.52. The van der Waals surface area contributed by atoms with Gasteiger partial charge in [-0.25, -0.2) is 0 Å². The number of aliphatic hydroxyl groups excluding tert-OH is 1. The Balaban J connectivity index is 1.55. The van der Waals surface area contributed by atoms with E-state index in [4.69, 9.17) is 11.6 Å². The van der Waals surface area contributed by atoms with Crippen LogP contribution in [0.2, 0.25) is 0 Å². The molecule has 174 valence electrons. The quantitative estimate of drug-likeness (QED) is 0.206. The van der Waals surface area contributed by atoms with Gasteiger partial charge in [0.15, 0.2) is 0 Å². The molecule has 32 heavy (non-hydrogen) atoms. The number of nitrogens with one attached hydrogen (secondary N) is 3. The van der Waals surface area contributed by atoms with Crippen molar-refractivity contribution in [3.05, 3.63) is 36.0 Å². The highest BCUT2D eigenvalue weighted by atomic mass is 35.5. The first-order chi connectivity index (χ1) is 15.1. The van der Waals surface area contributed by atoms with Crippen LogP contribution in [0.25, 0.3) is 0 Å². The van der Waals surface area contributed by atoms with Gasteiger partial charge < -0.3 is 15.7 Å². The number of hydrogen-bond donors (Lipinski definition) is 4. The van der Waals surface area contributed by atoms with Crippen molar-refractivity contribution in [1.29, 1.82) is 0 Å². The van der Waals surface area contributed by atoms with Gasteiger partial charge in [-0.05, 0) is 30.8 Å². The van der Waals surface area contributed by atoms with E-state index in [0.717, 1.165) is 22.6 Å². The molecule has 9 nitrogen and oxygen atoms in total. The van der Waals surface area contributed by atoms with E-state index in [0.29, 0.717) is 25.1 Å².